The molecule has 4 aromatic rings. The van der Waals surface area contributed by atoms with Crippen molar-refractivity contribution < 1.29 is 27.8 Å². The Bertz CT molecular complexity index is 1200. The molecule has 1 N–H and O–H groups in total. The number of alkyl halides is 3. The SMILES string of the molecule is O=C(O)c1cc2cc(-c3ccc(OC(F)(F)F)cc3)ccc2n1Cc1ccccc1. The molecule has 0 aliphatic carbocycles. The summed E-state index contributed by atoms with van der Waals surface area (Å²) in [6.45, 7) is 0.412. The highest BCUT2D eigenvalue weighted by molar-refractivity contribution is 5.96. The minimum absolute atomic E-state index is 0.167. The first-order valence-electron chi connectivity index (χ1n) is 9.07. The Morgan fingerprint density at radius 1 is 0.900 bits per heavy atom. The summed E-state index contributed by atoms with van der Waals surface area (Å²) < 4.78 is 42.6. The van der Waals surface area contributed by atoms with Gasteiger partial charge in [0.15, 0.2) is 0 Å². The molecule has 152 valence electrons. The minimum Gasteiger partial charge on any atom is -0.477 e. The largest absolute Gasteiger partial charge is 0.573 e. The van der Waals surface area contributed by atoms with E-state index < -0.39 is 12.3 Å². The molecule has 0 aliphatic heterocycles. The topological polar surface area (TPSA) is 51.5 Å². The number of aromatic carboxylic acids is 1. The lowest BCUT2D eigenvalue weighted by Gasteiger charge is -2.10. The highest BCUT2D eigenvalue weighted by Gasteiger charge is 2.31. The molecule has 0 saturated heterocycles. The van der Waals surface area contributed by atoms with Gasteiger partial charge in [-0.3, -0.25) is 0 Å². The second-order valence-electron chi connectivity index (χ2n) is 6.75. The molecule has 1 aromatic heterocycles. The average molecular weight is 411 g/mol. The molecule has 0 fully saturated rings. The number of carboxylic acid groups (broad SMARTS) is 1. The molecule has 4 rings (SSSR count). The van der Waals surface area contributed by atoms with Crippen molar-refractivity contribution in [3.05, 3.63) is 90.1 Å². The van der Waals surface area contributed by atoms with Crippen LogP contribution < -0.4 is 4.74 Å². The molecule has 30 heavy (non-hydrogen) atoms. The highest BCUT2D eigenvalue weighted by Crippen LogP contribution is 2.30. The van der Waals surface area contributed by atoms with Crippen molar-refractivity contribution in [3.8, 4) is 16.9 Å². The Balaban J connectivity index is 1.70. The predicted octanol–water partition coefficient (Wildman–Crippen LogP) is 5.95. The number of ether oxygens (including phenoxy) is 1. The molecule has 0 aliphatic rings. The summed E-state index contributed by atoms with van der Waals surface area (Å²) in [5.41, 5.74) is 3.35. The number of halogens is 3. The fourth-order valence-electron chi connectivity index (χ4n) is 3.41. The molecule has 0 spiro atoms. The molecule has 0 radical (unpaired) electrons. The summed E-state index contributed by atoms with van der Waals surface area (Å²) in [4.78, 5) is 11.8. The van der Waals surface area contributed by atoms with Crippen molar-refractivity contribution in [1.82, 2.24) is 4.57 Å². The first-order valence-corrected chi connectivity index (χ1v) is 9.07. The summed E-state index contributed by atoms with van der Waals surface area (Å²) in [5.74, 6) is -1.33. The lowest BCUT2D eigenvalue weighted by molar-refractivity contribution is -0.274. The van der Waals surface area contributed by atoms with Gasteiger partial charge in [0.2, 0.25) is 0 Å². The highest BCUT2D eigenvalue weighted by atomic mass is 19.4. The normalized spacial score (nSPS) is 11.6. The predicted molar refractivity (Wildman–Crippen MR) is 107 cm³/mol. The van der Waals surface area contributed by atoms with Crippen LogP contribution in [0.15, 0.2) is 78.9 Å². The number of nitrogens with zero attached hydrogens (tertiary/aromatic N) is 1. The van der Waals surface area contributed by atoms with Gasteiger partial charge in [-0.05, 0) is 47.0 Å². The van der Waals surface area contributed by atoms with Crippen LogP contribution in [0.2, 0.25) is 0 Å². The first-order chi connectivity index (χ1) is 14.3. The second kappa shape index (κ2) is 7.59. The number of rotatable bonds is 5. The number of aromatic nitrogens is 1. The van der Waals surface area contributed by atoms with Gasteiger partial charge < -0.3 is 14.4 Å². The van der Waals surface area contributed by atoms with Gasteiger partial charge in [0.05, 0.1) is 0 Å². The van der Waals surface area contributed by atoms with Gasteiger partial charge in [-0.25, -0.2) is 4.79 Å². The van der Waals surface area contributed by atoms with E-state index >= 15 is 0 Å². The number of hydrogen-bond donors (Lipinski definition) is 1. The molecule has 0 bridgehead atoms. The average Bonchev–Trinajstić information content (AvgIpc) is 3.06. The zero-order chi connectivity index (χ0) is 21.3. The third kappa shape index (κ3) is 4.15. The van der Waals surface area contributed by atoms with Crippen molar-refractivity contribution in [2.24, 2.45) is 0 Å². The van der Waals surface area contributed by atoms with Crippen LogP contribution in [-0.2, 0) is 6.54 Å². The van der Waals surface area contributed by atoms with Crippen LogP contribution in [0.4, 0.5) is 13.2 Å². The van der Waals surface area contributed by atoms with Crippen LogP contribution in [0.5, 0.6) is 5.75 Å². The zero-order valence-electron chi connectivity index (χ0n) is 15.6. The smallest absolute Gasteiger partial charge is 0.477 e. The first kappa shape index (κ1) is 19.6. The van der Waals surface area contributed by atoms with Gasteiger partial charge in [-0.15, -0.1) is 13.2 Å². The Morgan fingerprint density at radius 2 is 1.57 bits per heavy atom. The third-order valence-electron chi connectivity index (χ3n) is 4.73. The van der Waals surface area contributed by atoms with E-state index in [4.69, 9.17) is 0 Å². The van der Waals surface area contributed by atoms with Crippen LogP contribution in [0, 0.1) is 0 Å². The minimum atomic E-state index is -4.74. The van der Waals surface area contributed by atoms with Gasteiger partial charge in [0.1, 0.15) is 11.4 Å². The standard InChI is InChI=1S/C23H16F3NO3/c24-23(25,26)30-19-9-6-16(7-10-19)17-8-11-20-18(12-17)13-21(22(28)29)27(20)14-15-4-2-1-3-5-15/h1-13H,14H2,(H,28,29). The summed E-state index contributed by atoms with van der Waals surface area (Å²) >= 11 is 0. The van der Waals surface area contributed by atoms with Crippen LogP contribution in [0.1, 0.15) is 16.1 Å². The monoisotopic (exact) mass is 411 g/mol. The number of hydrogen-bond acceptors (Lipinski definition) is 2. The number of fused-ring (bicyclic) bond motifs is 1. The maximum absolute atomic E-state index is 12.3. The fourth-order valence-corrected chi connectivity index (χ4v) is 3.41. The van der Waals surface area contributed by atoms with Crippen LogP contribution in [-0.4, -0.2) is 22.0 Å². The van der Waals surface area contributed by atoms with Gasteiger partial charge in [0, 0.05) is 17.4 Å². The third-order valence-corrected chi connectivity index (χ3v) is 4.73. The Morgan fingerprint density at radius 3 is 2.20 bits per heavy atom. The van der Waals surface area contributed by atoms with Gasteiger partial charge >= 0.3 is 12.3 Å². The summed E-state index contributed by atoms with van der Waals surface area (Å²) in [7, 11) is 0. The number of carboxylic acids is 1. The van der Waals surface area contributed by atoms with E-state index in [0.717, 1.165) is 22.0 Å². The molecule has 0 unspecified atom stereocenters. The molecule has 0 atom stereocenters. The quantitative estimate of drug-likeness (QED) is 0.441. The van der Waals surface area contributed by atoms with E-state index in [-0.39, 0.29) is 11.4 Å². The van der Waals surface area contributed by atoms with Gasteiger partial charge in [-0.2, -0.15) is 0 Å². The summed E-state index contributed by atoms with van der Waals surface area (Å²) in [6, 6.07) is 22.1. The van der Waals surface area contributed by atoms with Gasteiger partial charge in [-0.1, -0.05) is 48.5 Å². The van der Waals surface area contributed by atoms with E-state index in [2.05, 4.69) is 4.74 Å². The van der Waals surface area contributed by atoms with Crippen molar-refractivity contribution in [2.75, 3.05) is 0 Å². The van der Waals surface area contributed by atoms with E-state index in [9.17, 15) is 23.1 Å². The Kier molecular flexibility index (Phi) is 4.95. The van der Waals surface area contributed by atoms with Crippen LogP contribution in [0.25, 0.3) is 22.0 Å². The lowest BCUT2D eigenvalue weighted by atomic mass is 10.0. The van der Waals surface area contributed by atoms with E-state index in [1.807, 2.05) is 48.5 Å². The van der Waals surface area contributed by atoms with Crippen LogP contribution >= 0.6 is 0 Å². The van der Waals surface area contributed by atoms with Gasteiger partial charge in [0.25, 0.3) is 0 Å². The maximum Gasteiger partial charge on any atom is 0.573 e. The van der Waals surface area contributed by atoms with Crippen molar-refractivity contribution >= 4 is 16.9 Å². The molecule has 4 nitrogen and oxygen atoms in total. The number of benzene rings is 3. The second-order valence-corrected chi connectivity index (χ2v) is 6.75. The molecule has 0 amide bonds. The Hall–Kier alpha value is -3.74. The van der Waals surface area contributed by atoms with Crippen molar-refractivity contribution in [1.29, 1.82) is 0 Å². The zero-order valence-corrected chi connectivity index (χ0v) is 15.6. The summed E-state index contributed by atoms with van der Waals surface area (Å²) in [6.07, 6.45) is -4.74. The lowest BCUT2D eigenvalue weighted by Crippen LogP contribution is -2.16. The molecular weight excluding hydrogens is 395 g/mol. The van der Waals surface area contributed by atoms with E-state index in [0.29, 0.717) is 12.1 Å². The summed E-state index contributed by atoms with van der Waals surface area (Å²) in [5, 5.41) is 10.4. The van der Waals surface area contributed by atoms with E-state index in [1.54, 1.807) is 10.6 Å². The fraction of sp³-hybridized carbons (Fsp3) is 0.0870. The molecule has 3 aromatic carbocycles. The molecule has 1 heterocycles. The van der Waals surface area contributed by atoms with E-state index in [1.165, 1.54) is 24.3 Å². The van der Waals surface area contributed by atoms with Crippen molar-refractivity contribution in [2.45, 2.75) is 12.9 Å². The molecule has 7 heteroatoms. The number of carbonyl (C=O) groups is 1. The van der Waals surface area contributed by atoms with Crippen LogP contribution in [0.3, 0.4) is 0 Å². The van der Waals surface area contributed by atoms with Crippen molar-refractivity contribution in [3.63, 3.8) is 0 Å². The molecular formula is C23H16F3NO3. The Labute approximate surface area is 169 Å². The molecule has 0 saturated carbocycles. The maximum atomic E-state index is 12.3.